The molecule has 0 radical (unpaired) electrons. The van der Waals surface area contributed by atoms with Gasteiger partial charge in [0, 0.05) is 19.3 Å². The zero-order valence-corrected chi connectivity index (χ0v) is 56.8. The first-order valence-electron chi connectivity index (χ1n) is 38.2. The zero-order chi connectivity index (χ0) is 59.9. The Morgan fingerprint density at radius 1 is 0.229 bits per heavy atom. The lowest BCUT2D eigenvalue weighted by atomic mass is 10.0. The first-order chi connectivity index (χ1) is 41.0. The highest BCUT2D eigenvalue weighted by Gasteiger charge is 2.20. The van der Waals surface area contributed by atoms with E-state index >= 15 is 0 Å². The SMILES string of the molecule is CCCCCCCC/C=C\CCCCCCCCCCCC(=O)OC(COC(=O)CCCCCCCCCCCCCCCCCC)COC(=O)CCCCCCCCCCCCCCCCCCCCCCCCCCCCCCCC. The average Bonchev–Trinajstić information content (AvgIpc) is 3.49. The van der Waals surface area contributed by atoms with Gasteiger partial charge < -0.3 is 14.2 Å². The molecule has 0 heterocycles. The Balaban J connectivity index is 4.17. The first kappa shape index (κ1) is 81.2. The van der Waals surface area contributed by atoms with Crippen LogP contribution >= 0.6 is 0 Å². The van der Waals surface area contributed by atoms with Crippen molar-refractivity contribution < 1.29 is 28.6 Å². The molecule has 1 unspecified atom stereocenters. The second-order valence-electron chi connectivity index (χ2n) is 26.3. The second kappa shape index (κ2) is 72.6. The maximum atomic E-state index is 13.0. The van der Waals surface area contributed by atoms with E-state index < -0.39 is 6.10 Å². The van der Waals surface area contributed by atoms with Gasteiger partial charge in [0.15, 0.2) is 6.10 Å². The molecule has 0 rings (SSSR count). The minimum atomic E-state index is -0.768. The van der Waals surface area contributed by atoms with Crippen LogP contribution in [0.5, 0.6) is 0 Å². The molecule has 0 saturated heterocycles. The third-order valence-electron chi connectivity index (χ3n) is 17.8. The van der Waals surface area contributed by atoms with Gasteiger partial charge in [0.2, 0.25) is 0 Å². The van der Waals surface area contributed by atoms with Crippen LogP contribution in [0.25, 0.3) is 0 Å². The van der Waals surface area contributed by atoms with Gasteiger partial charge in [-0.1, -0.05) is 392 Å². The summed E-state index contributed by atoms with van der Waals surface area (Å²) in [5.74, 6) is -0.826. The van der Waals surface area contributed by atoms with Crippen LogP contribution < -0.4 is 0 Å². The summed E-state index contributed by atoms with van der Waals surface area (Å²) < 4.78 is 17.0. The molecule has 0 aliphatic rings. The summed E-state index contributed by atoms with van der Waals surface area (Å²) in [5, 5.41) is 0. The zero-order valence-electron chi connectivity index (χ0n) is 56.8. The molecule has 0 aliphatic heterocycles. The number of allylic oxidation sites excluding steroid dienone is 2. The van der Waals surface area contributed by atoms with E-state index in [-0.39, 0.29) is 31.1 Å². The Morgan fingerprint density at radius 2 is 0.398 bits per heavy atom. The lowest BCUT2D eigenvalue weighted by Gasteiger charge is -2.18. The van der Waals surface area contributed by atoms with Gasteiger partial charge in [-0.05, 0) is 44.9 Å². The highest BCUT2D eigenvalue weighted by molar-refractivity contribution is 5.71. The second-order valence-corrected chi connectivity index (χ2v) is 26.3. The summed E-state index contributed by atoms with van der Waals surface area (Å²) in [6, 6.07) is 0. The molecule has 6 nitrogen and oxygen atoms in total. The summed E-state index contributed by atoms with van der Waals surface area (Å²) in [4.78, 5) is 38.5. The topological polar surface area (TPSA) is 78.9 Å². The summed E-state index contributed by atoms with van der Waals surface area (Å²) >= 11 is 0. The van der Waals surface area contributed by atoms with Crippen LogP contribution in [0.3, 0.4) is 0 Å². The number of ether oxygens (including phenoxy) is 3. The molecule has 1 atom stereocenters. The lowest BCUT2D eigenvalue weighted by Crippen LogP contribution is -2.30. The van der Waals surface area contributed by atoms with Gasteiger partial charge in [-0.3, -0.25) is 14.4 Å². The molecule has 0 spiro atoms. The molecule has 0 aromatic rings. The van der Waals surface area contributed by atoms with Crippen LogP contribution in [0.1, 0.15) is 445 Å². The van der Waals surface area contributed by atoms with Crippen LogP contribution in [0, 0.1) is 0 Å². The average molecular weight is 1170 g/mol. The number of rotatable bonds is 72. The van der Waals surface area contributed by atoms with Crippen molar-refractivity contribution in [1.29, 1.82) is 0 Å². The Kier molecular flexibility index (Phi) is 71.0. The van der Waals surface area contributed by atoms with E-state index in [1.807, 2.05) is 0 Å². The number of hydrogen-bond donors (Lipinski definition) is 0. The molecule has 0 bridgehead atoms. The van der Waals surface area contributed by atoms with E-state index in [2.05, 4.69) is 32.9 Å². The van der Waals surface area contributed by atoms with Crippen molar-refractivity contribution in [3.05, 3.63) is 12.2 Å². The highest BCUT2D eigenvalue weighted by atomic mass is 16.6. The third kappa shape index (κ3) is 70.8. The monoisotopic (exact) mass is 1170 g/mol. The van der Waals surface area contributed by atoms with E-state index in [4.69, 9.17) is 14.2 Å². The summed E-state index contributed by atoms with van der Waals surface area (Å²) in [6.07, 6.45) is 88.4. The predicted octanol–water partition coefficient (Wildman–Crippen LogP) is 26.3. The summed E-state index contributed by atoms with van der Waals surface area (Å²) in [7, 11) is 0. The quantitative estimate of drug-likeness (QED) is 0.0261. The van der Waals surface area contributed by atoms with Crippen LogP contribution in [0.2, 0.25) is 0 Å². The molecule has 0 N–H and O–H groups in total. The molecule has 0 fully saturated rings. The van der Waals surface area contributed by atoms with Gasteiger partial charge in [-0.2, -0.15) is 0 Å². The van der Waals surface area contributed by atoms with Crippen LogP contribution in [0.4, 0.5) is 0 Å². The maximum absolute atomic E-state index is 13.0. The van der Waals surface area contributed by atoms with Crippen molar-refractivity contribution in [1.82, 2.24) is 0 Å². The summed E-state index contributed by atoms with van der Waals surface area (Å²) in [6.45, 7) is 6.74. The molecule has 0 aromatic carbocycles. The number of hydrogen-bond acceptors (Lipinski definition) is 6. The molecular formula is C77H148O6. The molecule has 0 saturated carbocycles. The maximum Gasteiger partial charge on any atom is 0.306 e. The van der Waals surface area contributed by atoms with Gasteiger partial charge in [0.1, 0.15) is 13.2 Å². The Morgan fingerprint density at radius 3 is 0.602 bits per heavy atom. The van der Waals surface area contributed by atoms with E-state index in [0.717, 1.165) is 57.8 Å². The minimum absolute atomic E-state index is 0.0635. The van der Waals surface area contributed by atoms with Crippen LogP contribution in [-0.4, -0.2) is 37.2 Å². The van der Waals surface area contributed by atoms with Crippen molar-refractivity contribution in [3.8, 4) is 0 Å². The van der Waals surface area contributed by atoms with Crippen molar-refractivity contribution in [2.75, 3.05) is 13.2 Å². The Bertz CT molecular complexity index is 1300. The Labute approximate surface area is 520 Å². The van der Waals surface area contributed by atoms with Crippen molar-refractivity contribution >= 4 is 17.9 Å². The molecule has 0 aromatic heterocycles. The van der Waals surface area contributed by atoms with Gasteiger partial charge in [-0.25, -0.2) is 0 Å². The van der Waals surface area contributed by atoms with Crippen LogP contribution in [-0.2, 0) is 28.6 Å². The number of carbonyl (C=O) groups is 3. The fraction of sp³-hybridized carbons (Fsp3) is 0.935. The Hall–Kier alpha value is -1.85. The fourth-order valence-corrected chi connectivity index (χ4v) is 12.0. The molecule has 492 valence electrons. The number of unbranched alkanes of at least 4 members (excludes halogenated alkanes) is 59. The highest BCUT2D eigenvalue weighted by Crippen LogP contribution is 2.20. The van der Waals surface area contributed by atoms with Gasteiger partial charge in [0.25, 0.3) is 0 Å². The van der Waals surface area contributed by atoms with Gasteiger partial charge >= 0.3 is 17.9 Å². The third-order valence-corrected chi connectivity index (χ3v) is 17.8. The predicted molar refractivity (Wildman–Crippen MR) is 363 cm³/mol. The fourth-order valence-electron chi connectivity index (χ4n) is 12.0. The van der Waals surface area contributed by atoms with E-state index in [0.29, 0.717) is 19.3 Å². The van der Waals surface area contributed by atoms with E-state index in [1.165, 1.54) is 347 Å². The smallest absolute Gasteiger partial charge is 0.306 e. The lowest BCUT2D eigenvalue weighted by molar-refractivity contribution is -0.167. The van der Waals surface area contributed by atoms with Crippen molar-refractivity contribution in [3.63, 3.8) is 0 Å². The first-order valence-corrected chi connectivity index (χ1v) is 38.2. The van der Waals surface area contributed by atoms with Gasteiger partial charge in [-0.15, -0.1) is 0 Å². The molecule has 0 aliphatic carbocycles. The van der Waals surface area contributed by atoms with Crippen molar-refractivity contribution in [2.24, 2.45) is 0 Å². The minimum Gasteiger partial charge on any atom is -0.462 e. The van der Waals surface area contributed by atoms with Gasteiger partial charge in [0.05, 0.1) is 0 Å². The number of carbonyl (C=O) groups excluding carboxylic acids is 3. The standard InChI is InChI=1S/C77H148O6/c1-4-7-10-13-16-19-22-25-28-31-33-34-35-36-37-38-39-40-41-42-43-45-46-49-52-55-58-61-64-67-70-76(79)82-73-74(72-81-75(78)69-66-63-60-57-54-51-48-30-27-24-21-18-15-12-9-6-3)83-77(80)71-68-65-62-59-56-53-50-47-44-32-29-26-23-20-17-14-11-8-5-2/h26,29,74H,4-25,27-28,30-73H2,1-3H3/b29-26-. The molecule has 6 heteroatoms. The molecule has 83 heavy (non-hydrogen) atoms. The van der Waals surface area contributed by atoms with E-state index in [1.54, 1.807) is 0 Å². The summed E-state index contributed by atoms with van der Waals surface area (Å²) in [5.41, 5.74) is 0. The number of esters is 3. The molecule has 0 amide bonds. The van der Waals surface area contributed by atoms with Crippen LogP contribution in [0.15, 0.2) is 12.2 Å². The van der Waals surface area contributed by atoms with E-state index in [9.17, 15) is 14.4 Å². The molecular weight excluding hydrogens is 1020 g/mol. The van der Waals surface area contributed by atoms with Crippen molar-refractivity contribution in [2.45, 2.75) is 451 Å². The normalized spacial score (nSPS) is 12.0. The largest absolute Gasteiger partial charge is 0.462 e.